The molecule has 0 saturated heterocycles. The Morgan fingerprint density at radius 2 is 2.05 bits per heavy atom. The molecule has 1 unspecified atom stereocenters. The van der Waals surface area contributed by atoms with Crippen LogP contribution in [0, 0.1) is 0 Å². The molecule has 0 heterocycles. The molecule has 0 fully saturated rings. The van der Waals surface area contributed by atoms with E-state index in [0.717, 1.165) is 18.6 Å². The van der Waals surface area contributed by atoms with Crippen molar-refractivity contribution in [3.05, 3.63) is 36.6 Å². The maximum atomic E-state index is 11.8. The normalized spacial score (nSPS) is 14.2. The van der Waals surface area contributed by atoms with Crippen LogP contribution in [-0.4, -0.2) is 24.6 Å². The number of hydrogen-bond donors (Lipinski definition) is 2. The number of hydrogen-bond acceptors (Lipinski definition) is 3. The van der Waals surface area contributed by atoms with Crippen LogP contribution in [0.5, 0.6) is 0 Å². The number of rotatable bonds is 8. The quantitative estimate of drug-likeness (QED) is 0.311. The van der Waals surface area contributed by atoms with E-state index in [-0.39, 0.29) is 11.4 Å². The summed E-state index contributed by atoms with van der Waals surface area (Å²) in [4.78, 5) is 11.8. The topological polar surface area (TPSA) is 64.4 Å². The van der Waals surface area contributed by atoms with Crippen molar-refractivity contribution in [3.8, 4) is 0 Å². The highest BCUT2D eigenvalue weighted by molar-refractivity contribution is 5.82. The van der Waals surface area contributed by atoms with Crippen molar-refractivity contribution < 1.29 is 9.53 Å². The number of ether oxygens (including phenoxy) is 1. The van der Waals surface area contributed by atoms with Gasteiger partial charge < -0.3 is 15.8 Å². The highest BCUT2D eigenvalue weighted by atomic mass is 16.5. The Balaban J connectivity index is 4.30. The fraction of sp³-hybridized carbons (Fsp3) is 0.562. The summed E-state index contributed by atoms with van der Waals surface area (Å²) >= 11 is 0. The molecule has 0 aromatic heterocycles. The van der Waals surface area contributed by atoms with E-state index in [4.69, 9.17) is 10.5 Å². The van der Waals surface area contributed by atoms with Crippen LogP contribution in [-0.2, 0) is 9.53 Å². The van der Waals surface area contributed by atoms with E-state index in [1.54, 1.807) is 7.11 Å². The molecule has 0 bridgehead atoms. The minimum absolute atomic E-state index is 0.142. The summed E-state index contributed by atoms with van der Waals surface area (Å²) in [6.07, 6.45) is 9.81. The van der Waals surface area contributed by atoms with Gasteiger partial charge in [0, 0.05) is 5.54 Å². The molecule has 1 atom stereocenters. The van der Waals surface area contributed by atoms with Crippen LogP contribution in [0.2, 0.25) is 0 Å². The number of amides is 1. The molecule has 4 nitrogen and oxygen atoms in total. The van der Waals surface area contributed by atoms with Gasteiger partial charge in [-0.3, -0.25) is 4.79 Å². The van der Waals surface area contributed by atoms with Gasteiger partial charge in [-0.15, -0.1) is 6.58 Å². The molecule has 20 heavy (non-hydrogen) atoms. The van der Waals surface area contributed by atoms with Gasteiger partial charge in [0.1, 0.15) is 5.76 Å². The van der Waals surface area contributed by atoms with E-state index < -0.39 is 6.04 Å². The van der Waals surface area contributed by atoms with Crippen LogP contribution in [0.15, 0.2) is 36.6 Å². The van der Waals surface area contributed by atoms with E-state index in [1.807, 2.05) is 45.1 Å². The maximum absolute atomic E-state index is 11.8. The lowest BCUT2D eigenvalue weighted by molar-refractivity contribution is -0.123. The molecule has 0 aliphatic heterocycles. The SMILES string of the molecule is C=CCCC=C(C=CCC(N)C(=O)NC(C)(C)C)OC. The summed E-state index contributed by atoms with van der Waals surface area (Å²) in [5.74, 6) is 0.632. The number of unbranched alkanes of at least 4 members (excludes halogenated alkanes) is 1. The molecule has 1 amide bonds. The first-order valence-corrected chi connectivity index (χ1v) is 6.89. The zero-order chi connectivity index (χ0) is 15.6. The molecule has 0 saturated carbocycles. The molecule has 4 heteroatoms. The van der Waals surface area contributed by atoms with Gasteiger partial charge in [-0.25, -0.2) is 0 Å². The Bertz CT molecular complexity index is 365. The predicted octanol–water partition coefficient (Wildman–Crippen LogP) is 2.67. The average molecular weight is 280 g/mol. The van der Waals surface area contributed by atoms with Crippen molar-refractivity contribution in [2.24, 2.45) is 5.73 Å². The molecule has 0 aromatic carbocycles. The van der Waals surface area contributed by atoms with Gasteiger partial charge in [0.15, 0.2) is 0 Å². The molecular weight excluding hydrogens is 252 g/mol. The maximum Gasteiger partial charge on any atom is 0.237 e. The lowest BCUT2D eigenvalue weighted by Gasteiger charge is -2.22. The molecule has 114 valence electrons. The van der Waals surface area contributed by atoms with Crippen LogP contribution >= 0.6 is 0 Å². The lowest BCUT2D eigenvalue weighted by Crippen LogP contribution is -2.48. The molecule has 0 radical (unpaired) electrons. The number of carbonyl (C=O) groups excluding carboxylic acids is 1. The highest BCUT2D eigenvalue weighted by Gasteiger charge is 2.18. The van der Waals surface area contributed by atoms with Crippen molar-refractivity contribution in [1.82, 2.24) is 5.32 Å². The second-order valence-electron chi connectivity index (χ2n) is 5.66. The van der Waals surface area contributed by atoms with Crippen LogP contribution < -0.4 is 11.1 Å². The van der Waals surface area contributed by atoms with Gasteiger partial charge in [-0.2, -0.15) is 0 Å². The summed E-state index contributed by atoms with van der Waals surface area (Å²) in [6, 6.07) is -0.545. The fourth-order valence-electron chi connectivity index (χ4n) is 1.46. The second kappa shape index (κ2) is 9.37. The lowest BCUT2D eigenvalue weighted by atomic mass is 10.1. The van der Waals surface area contributed by atoms with Crippen molar-refractivity contribution in [1.29, 1.82) is 0 Å². The number of carbonyl (C=O) groups is 1. The number of nitrogens with one attached hydrogen (secondary N) is 1. The monoisotopic (exact) mass is 280 g/mol. The van der Waals surface area contributed by atoms with E-state index in [9.17, 15) is 4.79 Å². The summed E-state index contributed by atoms with van der Waals surface area (Å²) in [6.45, 7) is 9.46. The number of methoxy groups -OCH3 is 1. The highest BCUT2D eigenvalue weighted by Crippen LogP contribution is 2.05. The zero-order valence-electron chi connectivity index (χ0n) is 13.1. The van der Waals surface area contributed by atoms with Crippen LogP contribution in [0.3, 0.4) is 0 Å². The van der Waals surface area contributed by atoms with Crippen molar-refractivity contribution in [3.63, 3.8) is 0 Å². The van der Waals surface area contributed by atoms with Gasteiger partial charge in [-0.05, 0) is 52.2 Å². The predicted molar refractivity (Wildman–Crippen MR) is 84.2 cm³/mol. The summed E-state index contributed by atoms with van der Waals surface area (Å²) in [5, 5.41) is 2.86. The fourth-order valence-corrected chi connectivity index (χ4v) is 1.46. The Morgan fingerprint density at radius 3 is 2.55 bits per heavy atom. The van der Waals surface area contributed by atoms with Gasteiger partial charge in [0.05, 0.1) is 13.2 Å². The van der Waals surface area contributed by atoms with E-state index >= 15 is 0 Å². The molecule has 0 rings (SSSR count). The van der Waals surface area contributed by atoms with Crippen molar-refractivity contribution in [2.45, 2.75) is 51.6 Å². The molecular formula is C16H28N2O2. The molecule has 0 spiro atoms. The van der Waals surface area contributed by atoms with Crippen molar-refractivity contribution in [2.75, 3.05) is 7.11 Å². The Labute approximate surface area is 122 Å². The van der Waals surface area contributed by atoms with Gasteiger partial charge in [0.25, 0.3) is 0 Å². The third-order valence-corrected chi connectivity index (χ3v) is 2.46. The Morgan fingerprint density at radius 1 is 1.40 bits per heavy atom. The van der Waals surface area contributed by atoms with E-state index in [2.05, 4.69) is 11.9 Å². The molecule has 0 aromatic rings. The van der Waals surface area contributed by atoms with E-state index in [0.29, 0.717) is 6.42 Å². The first-order valence-electron chi connectivity index (χ1n) is 6.89. The standard InChI is InChI=1S/C16H28N2O2/c1-6-7-8-10-13(20-5)11-9-12-14(17)15(19)18-16(2,3)4/h6,9-11,14H,1,7-8,12,17H2,2-5H3,(H,18,19). The van der Waals surface area contributed by atoms with E-state index in [1.165, 1.54) is 0 Å². The van der Waals surface area contributed by atoms with Crippen LogP contribution in [0.1, 0.15) is 40.0 Å². The Kier molecular flexibility index (Phi) is 8.64. The van der Waals surface area contributed by atoms with Gasteiger partial charge in [-0.1, -0.05) is 12.2 Å². The summed E-state index contributed by atoms with van der Waals surface area (Å²) < 4.78 is 5.22. The molecule has 0 aliphatic carbocycles. The third kappa shape index (κ3) is 9.39. The van der Waals surface area contributed by atoms with Gasteiger partial charge in [0.2, 0.25) is 5.91 Å². The van der Waals surface area contributed by atoms with Gasteiger partial charge >= 0.3 is 0 Å². The first-order chi connectivity index (χ1) is 9.30. The Hall–Kier alpha value is -1.55. The average Bonchev–Trinajstić information content (AvgIpc) is 2.34. The third-order valence-electron chi connectivity index (χ3n) is 2.46. The van der Waals surface area contributed by atoms with Crippen molar-refractivity contribution >= 4 is 5.91 Å². The molecule has 3 N–H and O–H groups in total. The van der Waals surface area contributed by atoms with Crippen LogP contribution in [0.25, 0.3) is 0 Å². The smallest absolute Gasteiger partial charge is 0.237 e. The van der Waals surface area contributed by atoms with Crippen LogP contribution in [0.4, 0.5) is 0 Å². The molecule has 0 aliphatic rings. The summed E-state index contributed by atoms with van der Waals surface area (Å²) in [5.41, 5.74) is 5.57. The number of nitrogens with two attached hydrogens (primary N) is 1. The largest absolute Gasteiger partial charge is 0.497 e. The second-order valence-corrected chi connectivity index (χ2v) is 5.66. The number of allylic oxidation sites excluding steroid dienone is 3. The zero-order valence-corrected chi connectivity index (χ0v) is 13.1. The minimum atomic E-state index is -0.545. The first kappa shape index (κ1) is 18.4. The minimum Gasteiger partial charge on any atom is -0.497 e. The summed E-state index contributed by atoms with van der Waals surface area (Å²) in [7, 11) is 1.62.